The van der Waals surface area contributed by atoms with Crippen molar-refractivity contribution >= 4 is 34.6 Å². The van der Waals surface area contributed by atoms with Crippen LogP contribution < -0.4 is 4.74 Å². The highest BCUT2D eigenvalue weighted by atomic mass is 16.5. The first kappa shape index (κ1) is 22.3. The molecule has 32 heavy (non-hydrogen) atoms. The summed E-state index contributed by atoms with van der Waals surface area (Å²) in [4.78, 5) is 34.9. The number of rotatable bonds is 6. The van der Waals surface area contributed by atoms with Crippen LogP contribution in [-0.2, 0) is 14.3 Å². The molecule has 0 saturated carbocycles. The Kier molecular flexibility index (Phi) is 7.34. The van der Waals surface area contributed by atoms with E-state index in [1.165, 1.54) is 19.3 Å². The van der Waals surface area contributed by atoms with E-state index in [1.54, 1.807) is 42.5 Å². The molecule has 3 aromatic rings. The van der Waals surface area contributed by atoms with Gasteiger partial charge in [-0.2, -0.15) is 0 Å². The van der Waals surface area contributed by atoms with Crippen molar-refractivity contribution in [3.63, 3.8) is 0 Å². The number of carbonyl (C=O) groups excluding carboxylic acids is 3. The molecule has 0 aliphatic rings. The SMILES string of the molecule is C=CC(=O)CC#Cc1ccc2cc(C(=O)Oc3ccc(/C=C/C(=O)OC)cc3)ccc2c1. The van der Waals surface area contributed by atoms with Gasteiger partial charge in [-0.3, -0.25) is 4.79 Å². The maximum atomic E-state index is 12.5. The van der Waals surface area contributed by atoms with Crippen LogP contribution in [0.3, 0.4) is 0 Å². The molecule has 0 unspecified atom stereocenters. The Bertz CT molecular complexity index is 1270. The predicted molar refractivity (Wildman–Crippen MR) is 123 cm³/mol. The highest BCUT2D eigenvalue weighted by Gasteiger charge is 2.09. The summed E-state index contributed by atoms with van der Waals surface area (Å²) in [6.07, 6.45) is 4.31. The van der Waals surface area contributed by atoms with E-state index in [0.29, 0.717) is 11.3 Å². The molecular weight excluding hydrogens is 404 g/mol. The normalized spacial score (nSPS) is 10.3. The molecule has 0 amide bonds. The number of hydrogen-bond acceptors (Lipinski definition) is 5. The zero-order valence-corrected chi connectivity index (χ0v) is 17.5. The van der Waals surface area contributed by atoms with Crippen LogP contribution in [0.15, 0.2) is 79.4 Å². The Morgan fingerprint density at radius 3 is 2.41 bits per heavy atom. The van der Waals surface area contributed by atoms with Gasteiger partial charge in [0, 0.05) is 11.6 Å². The van der Waals surface area contributed by atoms with Gasteiger partial charge in [0.25, 0.3) is 0 Å². The Labute approximate surface area is 186 Å². The lowest BCUT2D eigenvalue weighted by Gasteiger charge is -2.06. The van der Waals surface area contributed by atoms with Crippen LogP contribution >= 0.6 is 0 Å². The number of allylic oxidation sites excluding steroid dienone is 1. The summed E-state index contributed by atoms with van der Waals surface area (Å²) < 4.78 is 9.99. The second-order valence-corrected chi connectivity index (χ2v) is 6.74. The van der Waals surface area contributed by atoms with Gasteiger partial charge < -0.3 is 9.47 Å². The molecule has 0 saturated heterocycles. The fourth-order valence-electron chi connectivity index (χ4n) is 2.80. The number of esters is 2. The van der Waals surface area contributed by atoms with Gasteiger partial charge in [-0.1, -0.05) is 42.7 Å². The van der Waals surface area contributed by atoms with Gasteiger partial charge in [0.15, 0.2) is 5.78 Å². The van der Waals surface area contributed by atoms with Gasteiger partial charge >= 0.3 is 11.9 Å². The van der Waals surface area contributed by atoms with Crippen molar-refractivity contribution in [3.8, 4) is 17.6 Å². The standard InChI is InChI=1S/C27H20O5/c1-3-24(28)6-4-5-20-7-11-22-18-23(13-12-21(22)17-20)27(30)32-25-14-8-19(9-15-25)10-16-26(29)31-2/h3,7-18H,1,6H2,2H3/b16-10+. The molecule has 3 aromatic carbocycles. The molecule has 0 atom stereocenters. The molecule has 0 heterocycles. The minimum Gasteiger partial charge on any atom is -0.466 e. The first-order valence-corrected chi connectivity index (χ1v) is 9.75. The Morgan fingerprint density at radius 1 is 0.969 bits per heavy atom. The first-order valence-electron chi connectivity index (χ1n) is 9.75. The van der Waals surface area contributed by atoms with Crippen molar-refractivity contribution in [3.05, 3.63) is 96.1 Å². The van der Waals surface area contributed by atoms with Crippen LogP contribution in [0.5, 0.6) is 5.75 Å². The summed E-state index contributed by atoms with van der Waals surface area (Å²) in [7, 11) is 1.31. The summed E-state index contributed by atoms with van der Waals surface area (Å²) in [6, 6.07) is 17.6. The van der Waals surface area contributed by atoms with E-state index < -0.39 is 11.9 Å². The molecule has 3 rings (SSSR count). The number of ketones is 1. The second kappa shape index (κ2) is 10.6. The molecule has 0 aromatic heterocycles. The van der Waals surface area contributed by atoms with E-state index in [4.69, 9.17) is 4.74 Å². The monoisotopic (exact) mass is 424 g/mol. The Morgan fingerprint density at radius 2 is 1.69 bits per heavy atom. The van der Waals surface area contributed by atoms with E-state index in [-0.39, 0.29) is 12.2 Å². The zero-order valence-electron chi connectivity index (χ0n) is 17.5. The molecular formula is C27H20O5. The van der Waals surface area contributed by atoms with Crippen LogP contribution in [0, 0.1) is 11.8 Å². The lowest BCUT2D eigenvalue weighted by molar-refractivity contribution is -0.134. The van der Waals surface area contributed by atoms with Crippen molar-refractivity contribution in [1.82, 2.24) is 0 Å². The molecule has 0 aliphatic carbocycles. The van der Waals surface area contributed by atoms with Gasteiger partial charge in [0.1, 0.15) is 5.75 Å². The molecule has 0 aliphatic heterocycles. The van der Waals surface area contributed by atoms with E-state index in [9.17, 15) is 14.4 Å². The topological polar surface area (TPSA) is 69.7 Å². The maximum Gasteiger partial charge on any atom is 0.343 e. The van der Waals surface area contributed by atoms with E-state index in [1.807, 2.05) is 24.3 Å². The van der Waals surface area contributed by atoms with Crippen molar-refractivity contribution < 1.29 is 23.9 Å². The van der Waals surface area contributed by atoms with Crippen molar-refractivity contribution in [2.24, 2.45) is 0 Å². The molecule has 0 bridgehead atoms. The third-order valence-electron chi connectivity index (χ3n) is 4.50. The molecule has 158 valence electrons. The largest absolute Gasteiger partial charge is 0.466 e. The van der Waals surface area contributed by atoms with Crippen LogP contribution in [-0.4, -0.2) is 24.8 Å². The van der Waals surface area contributed by atoms with Gasteiger partial charge in [-0.05, 0) is 64.9 Å². The number of methoxy groups -OCH3 is 1. The van der Waals surface area contributed by atoms with Crippen LogP contribution in [0.25, 0.3) is 16.8 Å². The van der Waals surface area contributed by atoms with Crippen LogP contribution in [0.4, 0.5) is 0 Å². The highest BCUT2D eigenvalue weighted by molar-refractivity contribution is 5.97. The van der Waals surface area contributed by atoms with Gasteiger partial charge in [-0.25, -0.2) is 9.59 Å². The predicted octanol–water partition coefficient (Wildman–Crippen LogP) is 4.74. The van der Waals surface area contributed by atoms with Gasteiger partial charge in [-0.15, -0.1) is 0 Å². The van der Waals surface area contributed by atoms with Crippen LogP contribution in [0.2, 0.25) is 0 Å². The highest BCUT2D eigenvalue weighted by Crippen LogP contribution is 2.20. The molecule has 0 fully saturated rings. The maximum absolute atomic E-state index is 12.5. The third kappa shape index (κ3) is 6.04. The lowest BCUT2D eigenvalue weighted by atomic mass is 10.0. The summed E-state index contributed by atoms with van der Waals surface area (Å²) in [5, 5.41) is 1.79. The number of hydrogen-bond donors (Lipinski definition) is 0. The molecule has 5 nitrogen and oxygen atoms in total. The summed E-state index contributed by atoms with van der Waals surface area (Å²) in [5.41, 5.74) is 1.97. The quantitative estimate of drug-likeness (QED) is 0.247. The smallest absolute Gasteiger partial charge is 0.343 e. The van der Waals surface area contributed by atoms with E-state index in [2.05, 4.69) is 23.2 Å². The average molecular weight is 424 g/mol. The van der Waals surface area contributed by atoms with E-state index >= 15 is 0 Å². The Hall–Kier alpha value is -4.43. The summed E-state index contributed by atoms with van der Waals surface area (Å²) >= 11 is 0. The lowest BCUT2D eigenvalue weighted by Crippen LogP contribution is -2.08. The molecule has 5 heteroatoms. The number of fused-ring (bicyclic) bond motifs is 1. The average Bonchev–Trinajstić information content (AvgIpc) is 2.82. The third-order valence-corrected chi connectivity index (χ3v) is 4.50. The Balaban J connectivity index is 1.69. The van der Waals surface area contributed by atoms with E-state index in [0.717, 1.165) is 21.9 Å². The van der Waals surface area contributed by atoms with Crippen molar-refractivity contribution in [2.75, 3.05) is 7.11 Å². The number of carbonyl (C=O) groups is 3. The number of benzene rings is 3. The minimum atomic E-state index is -0.475. The first-order chi connectivity index (χ1) is 15.5. The molecule has 0 radical (unpaired) electrons. The minimum absolute atomic E-state index is 0.117. The zero-order chi connectivity index (χ0) is 22.9. The van der Waals surface area contributed by atoms with Crippen LogP contribution in [0.1, 0.15) is 27.9 Å². The number of ether oxygens (including phenoxy) is 2. The second-order valence-electron chi connectivity index (χ2n) is 6.74. The fourth-order valence-corrected chi connectivity index (χ4v) is 2.80. The van der Waals surface area contributed by atoms with Gasteiger partial charge in [0.05, 0.1) is 19.1 Å². The summed E-state index contributed by atoms with van der Waals surface area (Å²) in [6.45, 7) is 3.42. The molecule has 0 N–H and O–H groups in total. The van der Waals surface area contributed by atoms with Crippen molar-refractivity contribution in [2.45, 2.75) is 6.42 Å². The fraction of sp³-hybridized carbons (Fsp3) is 0.0741. The molecule has 0 spiro atoms. The van der Waals surface area contributed by atoms with Crippen molar-refractivity contribution in [1.29, 1.82) is 0 Å². The van der Waals surface area contributed by atoms with Gasteiger partial charge in [0.2, 0.25) is 0 Å². The summed E-state index contributed by atoms with van der Waals surface area (Å²) in [5.74, 6) is 5.13.